The van der Waals surface area contributed by atoms with Crippen molar-refractivity contribution in [2.45, 2.75) is 19.3 Å². The van der Waals surface area contributed by atoms with Crippen LogP contribution < -0.4 is 15.5 Å². The highest BCUT2D eigenvalue weighted by atomic mass is 16.5. The second-order valence-electron chi connectivity index (χ2n) is 6.77. The Balaban J connectivity index is 1.81. The Morgan fingerprint density at radius 2 is 1.70 bits per heavy atom. The number of esters is 1. The molecule has 2 aromatic rings. The minimum Gasteiger partial charge on any atom is -0.468 e. The number of amides is 3. The van der Waals surface area contributed by atoms with Crippen molar-refractivity contribution in [3.63, 3.8) is 0 Å². The van der Waals surface area contributed by atoms with Crippen molar-refractivity contribution >= 4 is 35.0 Å². The van der Waals surface area contributed by atoms with E-state index >= 15 is 0 Å². The van der Waals surface area contributed by atoms with Gasteiger partial charge in [0.2, 0.25) is 5.91 Å². The molecule has 1 heterocycles. The number of rotatable bonds is 4. The van der Waals surface area contributed by atoms with Gasteiger partial charge in [-0.05, 0) is 49.7 Å². The van der Waals surface area contributed by atoms with Crippen molar-refractivity contribution < 1.29 is 19.1 Å². The summed E-state index contributed by atoms with van der Waals surface area (Å²) in [6.07, 6.45) is 0. The van der Waals surface area contributed by atoms with E-state index in [1.165, 1.54) is 12.0 Å². The highest BCUT2D eigenvalue weighted by Gasteiger charge is 2.44. The van der Waals surface area contributed by atoms with E-state index in [0.29, 0.717) is 17.1 Å². The van der Waals surface area contributed by atoms with Crippen LogP contribution in [-0.4, -0.2) is 31.6 Å². The molecule has 0 aliphatic carbocycles. The zero-order valence-electron chi connectivity index (χ0n) is 15.4. The van der Waals surface area contributed by atoms with Crippen LogP contribution in [0.1, 0.15) is 19.4 Å². The minimum absolute atomic E-state index is 0.146. The quantitative estimate of drug-likeness (QED) is 0.813. The molecule has 0 bridgehead atoms. The van der Waals surface area contributed by atoms with E-state index in [-0.39, 0.29) is 18.5 Å². The van der Waals surface area contributed by atoms with E-state index in [1.54, 1.807) is 44.2 Å². The summed E-state index contributed by atoms with van der Waals surface area (Å²) in [5.41, 5.74) is 1.81. The molecule has 2 aromatic carbocycles. The first-order chi connectivity index (χ1) is 12.8. The molecule has 0 spiro atoms. The maximum atomic E-state index is 12.7. The highest BCUT2D eigenvalue weighted by molar-refractivity contribution is 6.10. The Bertz CT molecular complexity index is 893. The second-order valence-corrected chi connectivity index (χ2v) is 6.77. The van der Waals surface area contributed by atoms with Crippen molar-refractivity contribution in [1.29, 1.82) is 0 Å². The number of benzene rings is 2. The lowest BCUT2D eigenvalue weighted by atomic mass is 9.86. The zero-order valence-corrected chi connectivity index (χ0v) is 15.4. The Morgan fingerprint density at radius 1 is 1.04 bits per heavy atom. The molecule has 0 saturated heterocycles. The fourth-order valence-electron chi connectivity index (χ4n) is 3.08. The van der Waals surface area contributed by atoms with Gasteiger partial charge in [0.15, 0.2) is 0 Å². The number of hydrogen-bond donors (Lipinski definition) is 2. The molecule has 2 N–H and O–H groups in total. The largest absolute Gasteiger partial charge is 0.468 e. The number of urea groups is 1. The smallest absolute Gasteiger partial charge is 0.325 e. The monoisotopic (exact) mass is 367 g/mol. The molecule has 140 valence electrons. The lowest BCUT2D eigenvalue weighted by molar-refractivity contribution is -0.140. The maximum absolute atomic E-state index is 12.7. The van der Waals surface area contributed by atoms with Gasteiger partial charge in [-0.15, -0.1) is 0 Å². The van der Waals surface area contributed by atoms with Crippen molar-refractivity contribution in [2.24, 2.45) is 0 Å². The van der Waals surface area contributed by atoms with Gasteiger partial charge >= 0.3 is 12.0 Å². The van der Waals surface area contributed by atoms with Crippen LogP contribution in [0.4, 0.5) is 21.9 Å². The average molecular weight is 367 g/mol. The maximum Gasteiger partial charge on any atom is 0.325 e. The number of carbonyl (C=O) groups is 3. The molecule has 0 atom stereocenters. The van der Waals surface area contributed by atoms with E-state index in [9.17, 15) is 14.4 Å². The third-order valence-corrected chi connectivity index (χ3v) is 4.54. The van der Waals surface area contributed by atoms with E-state index < -0.39 is 11.4 Å². The SMILES string of the molecule is COC(=O)CN1C(=O)C(C)(C)c2cc(NC(=O)Nc3ccccc3)ccc21. The molecular formula is C20H21N3O4. The Labute approximate surface area is 157 Å². The molecule has 3 amide bonds. The molecule has 0 unspecified atom stereocenters. The van der Waals surface area contributed by atoms with E-state index in [1.807, 2.05) is 18.2 Å². The summed E-state index contributed by atoms with van der Waals surface area (Å²) in [6.45, 7) is 3.44. The first-order valence-electron chi connectivity index (χ1n) is 8.49. The van der Waals surface area contributed by atoms with E-state index in [0.717, 1.165) is 5.56 Å². The Morgan fingerprint density at radius 3 is 2.37 bits per heavy atom. The molecule has 7 heteroatoms. The van der Waals surface area contributed by atoms with Crippen LogP contribution >= 0.6 is 0 Å². The number of fused-ring (bicyclic) bond motifs is 1. The zero-order chi connectivity index (χ0) is 19.6. The molecule has 1 aliphatic rings. The van der Waals surface area contributed by atoms with Gasteiger partial charge in [0.25, 0.3) is 0 Å². The molecule has 0 saturated carbocycles. The molecular weight excluding hydrogens is 346 g/mol. The number of anilines is 3. The first kappa shape index (κ1) is 18.4. The van der Waals surface area contributed by atoms with Crippen LogP contribution in [0, 0.1) is 0 Å². The van der Waals surface area contributed by atoms with Gasteiger partial charge in [-0.3, -0.25) is 9.59 Å². The standard InChI is InChI=1S/C20H21N3O4/c1-20(2)15-11-14(22-19(26)21-13-7-5-4-6-8-13)9-10-16(15)23(18(20)25)12-17(24)27-3/h4-11H,12H2,1-3H3,(H2,21,22,26). The fourth-order valence-corrected chi connectivity index (χ4v) is 3.08. The minimum atomic E-state index is -0.809. The van der Waals surface area contributed by atoms with Crippen LogP contribution in [0.3, 0.4) is 0 Å². The van der Waals surface area contributed by atoms with Crippen LogP contribution in [-0.2, 0) is 19.7 Å². The predicted octanol–water partition coefficient (Wildman–Crippen LogP) is 3.13. The summed E-state index contributed by atoms with van der Waals surface area (Å²) >= 11 is 0. The summed E-state index contributed by atoms with van der Waals surface area (Å²) in [5.74, 6) is -0.676. The summed E-state index contributed by atoms with van der Waals surface area (Å²) < 4.78 is 4.68. The average Bonchev–Trinajstić information content (AvgIpc) is 2.83. The third-order valence-electron chi connectivity index (χ3n) is 4.54. The van der Waals surface area contributed by atoms with Crippen LogP contribution in [0.15, 0.2) is 48.5 Å². The number of nitrogens with one attached hydrogen (secondary N) is 2. The number of para-hydroxylation sites is 1. The van der Waals surface area contributed by atoms with Crippen LogP contribution in [0.5, 0.6) is 0 Å². The Hall–Kier alpha value is -3.35. The van der Waals surface area contributed by atoms with Crippen LogP contribution in [0.25, 0.3) is 0 Å². The first-order valence-corrected chi connectivity index (χ1v) is 8.49. The number of methoxy groups -OCH3 is 1. The molecule has 7 nitrogen and oxygen atoms in total. The van der Waals surface area contributed by atoms with E-state index in [2.05, 4.69) is 15.4 Å². The van der Waals surface area contributed by atoms with Gasteiger partial charge in [-0.25, -0.2) is 4.79 Å². The second kappa shape index (κ2) is 7.11. The summed E-state index contributed by atoms with van der Waals surface area (Å²) in [6, 6.07) is 13.9. The van der Waals surface area contributed by atoms with Gasteiger partial charge in [0, 0.05) is 17.1 Å². The highest BCUT2D eigenvalue weighted by Crippen LogP contribution is 2.42. The topological polar surface area (TPSA) is 87.7 Å². The summed E-state index contributed by atoms with van der Waals surface area (Å²) in [4.78, 5) is 38.0. The number of ether oxygens (including phenoxy) is 1. The number of carbonyl (C=O) groups excluding carboxylic acids is 3. The van der Waals surface area contributed by atoms with Crippen molar-refractivity contribution in [1.82, 2.24) is 0 Å². The van der Waals surface area contributed by atoms with Gasteiger partial charge in [-0.1, -0.05) is 18.2 Å². The molecule has 1 aliphatic heterocycles. The van der Waals surface area contributed by atoms with Gasteiger partial charge < -0.3 is 20.3 Å². The Kier molecular flexibility index (Phi) is 4.85. The normalized spacial score (nSPS) is 14.5. The van der Waals surface area contributed by atoms with Crippen molar-refractivity contribution in [3.05, 3.63) is 54.1 Å². The summed E-state index contributed by atoms with van der Waals surface area (Å²) in [7, 11) is 1.29. The lowest BCUT2D eigenvalue weighted by Crippen LogP contribution is -2.39. The van der Waals surface area contributed by atoms with Gasteiger partial charge in [-0.2, -0.15) is 0 Å². The lowest BCUT2D eigenvalue weighted by Gasteiger charge is -2.19. The van der Waals surface area contributed by atoms with E-state index in [4.69, 9.17) is 0 Å². The summed E-state index contributed by atoms with van der Waals surface area (Å²) in [5, 5.41) is 5.51. The van der Waals surface area contributed by atoms with Gasteiger partial charge in [0.05, 0.1) is 12.5 Å². The van der Waals surface area contributed by atoms with Crippen molar-refractivity contribution in [2.75, 3.05) is 29.2 Å². The van der Waals surface area contributed by atoms with Crippen LogP contribution in [0.2, 0.25) is 0 Å². The third kappa shape index (κ3) is 3.62. The van der Waals surface area contributed by atoms with Crippen molar-refractivity contribution in [3.8, 4) is 0 Å². The van der Waals surface area contributed by atoms with Gasteiger partial charge in [0.1, 0.15) is 6.54 Å². The predicted molar refractivity (Wildman–Crippen MR) is 103 cm³/mol. The molecule has 0 aromatic heterocycles. The molecule has 3 rings (SSSR count). The molecule has 27 heavy (non-hydrogen) atoms. The fraction of sp³-hybridized carbons (Fsp3) is 0.250. The molecule has 0 radical (unpaired) electrons. The number of nitrogens with zero attached hydrogens (tertiary/aromatic N) is 1. The number of hydrogen-bond acceptors (Lipinski definition) is 4. The molecule has 0 fully saturated rings.